The smallest absolute Gasteiger partial charge is 0.164 e. The van der Waals surface area contributed by atoms with Gasteiger partial charge in [0.15, 0.2) is 17.5 Å². The minimum atomic E-state index is 0.621. The summed E-state index contributed by atoms with van der Waals surface area (Å²) >= 11 is 0. The van der Waals surface area contributed by atoms with E-state index in [0.29, 0.717) is 17.5 Å². The molecule has 0 saturated heterocycles. The van der Waals surface area contributed by atoms with Crippen LogP contribution < -0.4 is 0 Å². The van der Waals surface area contributed by atoms with Gasteiger partial charge >= 0.3 is 0 Å². The number of para-hydroxylation sites is 2. The van der Waals surface area contributed by atoms with Crippen molar-refractivity contribution in [2.24, 2.45) is 0 Å². The van der Waals surface area contributed by atoms with E-state index in [9.17, 15) is 0 Å². The van der Waals surface area contributed by atoms with Crippen LogP contribution in [0.25, 0.3) is 111 Å². The molecular weight excluding hydrogens is 755 g/mol. The van der Waals surface area contributed by atoms with Gasteiger partial charge in [-0.25, -0.2) is 15.0 Å². The Morgan fingerprint density at radius 2 is 0.726 bits per heavy atom. The summed E-state index contributed by atoms with van der Waals surface area (Å²) in [4.78, 5) is 15.1. The van der Waals surface area contributed by atoms with Crippen LogP contribution in [0.1, 0.15) is 0 Å². The van der Waals surface area contributed by atoms with Gasteiger partial charge in [-0.1, -0.05) is 176 Å². The Labute approximate surface area is 358 Å². The van der Waals surface area contributed by atoms with Gasteiger partial charge in [-0.2, -0.15) is 0 Å². The topological polar surface area (TPSA) is 48.5 Å². The van der Waals surface area contributed by atoms with E-state index >= 15 is 0 Å². The summed E-state index contributed by atoms with van der Waals surface area (Å²) in [5.74, 6) is 1.90. The zero-order valence-electron chi connectivity index (χ0n) is 33.6. The maximum atomic E-state index is 5.08. The molecule has 0 aliphatic carbocycles. The minimum Gasteiger partial charge on any atom is -0.309 e. The van der Waals surface area contributed by atoms with Crippen molar-refractivity contribution in [2.75, 3.05) is 0 Å². The number of nitrogens with zero attached hydrogens (tertiary/aromatic N) is 5. The highest BCUT2D eigenvalue weighted by Gasteiger charge is 2.21. The zero-order chi connectivity index (χ0) is 41.0. The van der Waals surface area contributed by atoms with Crippen LogP contribution >= 0.6 is 0 Å². The number of benzene rings is 9. The van der Waals surface area contributed by atoms with E-state index < -0.39 is 0 Å². The molecule has 0 bridgehead atoms. The van der Waals surface area contributed by atoms with Gasteiger partial charge in [-0.05, 0) is 65.2 Å². The monoisotopic (exact) mass is 791 g/mol. The summed E-state index contributed by atoms with van der Waals surface area (Å²) in [5.41, 5.74) is 14.2. The fraction of sp³-hybridized carbons (Fsp3) is 0. The van der Waals surface area contributed by atoms with E-state index in [1.165, 1.54) is 43.8 Å². The van der Waals surface area contributed by atoms with Gasteiger partial charge < -0.3 is 9.13 Å². The Hall–Kier alpha value is -8.41. The molecule has 12 rings (SSSR count). The Balaban J connectivity index is 1.10. The molecule has 0 radical (unpaired) electrons. The van der Waals surface area contributed by atoms with Crippen LogP contribution in [0, 0.1) is 0 Å². The summed E-state index contributed by atoms with van der Waals surface area (Å²) in [6, 6.07) is 79.4. The largest absolute Gasteiger partial charge is 0.309 e. The van der Waals surface area contributed by atoms with Crippen molar-refractivity contribution >= 4 is 43.6 Å². The molecule has 9 aromatic carbocycles. The van der Waals surface area contributed by atoms with Crippen molar-refractivity contribution in [1.29, 1.82) is 0 Å². The number of rotatable bonds is 7. The SMILES string of the molecule is c1ccc(-c2ccc(-n3c4ccccc4c4cc5c6ccccc6n(-c6cccc(-c7nc(-c8ccccc8)nc(-c8ccccc8)n7)c6)c5cc43)c(-c3ccccc3)c2)cc1. The maximum Gasteiger partial charge on any atom is 0.164 e. The van der Waals surface area contributed by atoms with Gasteiger partial charge in [0.2, 0.25) is 0 Å². The molecule has 5 nitrogen and oxygen atoms in total. The molecule has 290 valence electrons. The summed E-state index contributed by atoms with van der Waals surface area (Å²) in [6.45, 7) is 0. The summed E-state index contributed by atoms with van der Waals surface area (Å²) in [6.07, 6.45) is 0. The summed E-state index contributed by atoms with van der Waals surface area (Å²) in [7, 11) is 0. The maximum absolute atomic E-state index is 5.08. The normalized spacial score (nSPS) is 11.5. The molecule has 0 aliphatic heterocycles. The van der Waals surface area contributed by atoms with Gasteiger partial charge in [-0.3, -0.25) is 0 Å². The van der Waals surface area contributed by atoms with Crippen molar-refractivity contribution < 1.29 is 0 Å². The van der Waals surface area contributed by atoms with Crippen LogP contribution in [0.5, 0.6) is 0 Å². The van der Waals surface area contributed by atoms with Crippen molar-refractivity contribution in [1.82, 2.24) is 24.1 Å². The molecular formula is C57H37N5. The predicted molar refractivity (Wildman–Crippen MR) is 256 cm³/mol. The third kappa shape index (κ3) is 5.98. The molecule has 0 saturated carbocycles. The van der Waals surface area contributed by atoms with Crippen molar-refractivity contribution in [3.63, 3.8) is 0 Å². The lowest BCUT2D eigenvalue weighted by molar-refractivity contribution is 1.07. The first-order chi connectivity index (χ1) is 30.7. The van der Waals surface area contributed by atoms with Crippen LogP contribution in [0.15, 0.2) is 224 Å². The average Bonchev–Trinajstić information content (AvgIpc) is 3.86. The number of hydrogen-bond donors (Lipinski definition) is 0. The molecule has 0 N–H and O–H groups in total. The molecule has 0 amide bonds. The van der Waals surface area contributed by atoms with E-state index in [1.54, 1.807) is 0 Å². The molecule has 0 unspecified atom stereocenters. The lowest BCUT2D eigenvalue weighted by Crippen LogP contribution is -2.01. The Kier molecular flexibility index (Phi) is 8.42. The highest BCUT2D eigenvalue weighted by atomic mass is 15.0. The molecule has 0 atom stereocenters. The van der Waals surface area contributed by atoms with Gasteiger partial charge in [0.25, 0.3) is 0 Å². The van der Waals surface area contributed by atoms with Crippen molar-refractivity contribution in [2.45, 2.75) is 0 Å². The van der Waals surface area contributed by atoms with E-state index in [-0.39, 0.29) is 0 Å². The summed E-state index contributed by atoms with van der Waals surface area (Å²) < 4.78 is 4.85. The van der Waals surface area contributed by atoms with Gasteiger partial charge in [-0.15, -0.1) is 0 Å². The van der Waals surface area contributed by atoms with Crippen LogP contribution in [-0.2, 0) is 0 Å². The molecule has 5 heteroatoms. The minimum absolute atomic E-state index is 0.621. The lowest BCUT2D eigenvalue weighted by Gasteiger charge is -2.16. The second-order valence-electron chi connectivity index (χ2n) is 15.6. The number of hydrogen-bond acceptors (Lipinski definition) is 3. The molecule has 3 heterocycles. The zero-order valence-corrected chi connectivity index (χ0v) is 33.6. The van der Waals surface area contributed by atoms with E-state index in [1.807, 2.05) is 60.7 Å². The highest BCUT2D eigenvalue weighted by molar-refractivity contribution is 6.19. The van der Waals surface area contributed by atoms with Gasteiger partial charge in [0.05, 0.1) is 27.8 Å². The fourth-order valence-corrected chi connectivity index (χ4v) is 9.08. The van der Waals surface area contributed by atoms with Gasteiger partial charge in [0.1, 0.15) is 0 Å². The van der Waals surface area contributed by atoms with Crippen LogP contribution in [0.4, 0.5) is 0 Å². The van der Waals surface area contributed by atoms with Crippen LogP contribution in [0.3, 0.4) is 0 Å². The molecule has 12 aromatic rings. The molecule has 0 fully saturated rings. The Morgan fingerprint density at radius 3 is 1.32 bits per heavy atom. The fourth-order valence-electron chi connectivity index (χ4n) is 9.08. The van der Waals surface area contributed by atoms with E-state index in [4.69, 9.17) is 15.0 Å². The average molecular weight is 792 g/mol. The first-order valence-corrected chi connectivity index (χ1v) is 20.9. The van der Waals surface area contributed by atoms with Crippen LogP contribution in [0.2, 0.25) is 0 Å². The quantitative estimate of drug-likeness (QED) is 0.162. The Morgan fingerprint density at radius 1 is 0.258 bits per heavy atom. The highest BCUT2D eigenvalue weighted by Crippen LogP contribution is 2.42. The second-order valence-corrected chi connectivity index (χ2v) is 15.6. The summed E-state index contributed by atoms with van der Waals surface area (Å²) in [5, 5.41) is 4.82. The van der Waals surface area contributed by atoms with Crippen LogP contribution in [-0.4, -0.2) is 24.1 Å². The molecule has 62 heavy (non-hydrogen) atoms. The van der Waals surface area contributed by atoms with E-state index in [2.05, 4.69) is 173 Å². The molecule has 3 aromatic heterocycles. The lowest BCUT2D eigenvalue weighted by atomic mass is 9.97. The Bertz CT molecular complexity index is 3550. The first kappa shape index (κ1) is 35.5. The molecule has 0 aliphatic rings. The first-order valence-electron chi connectivity index (χ1n) is 20.9. The third-order valence-corrected chi connectivity index (χ3v) is 12.0. The molecule has 0 spiro atoms. The van der Waals surface area contributed by atoms with E-state index in [0.717, 1.165) is 50.1 Å². The van der Waals surface area contributed by atoms with Crippen molar-refractivity contribution in [3.05, 3.63) is 224 Å². The second kappa shape index (κ2) is 14.7. The predicted octanol–water partition coefficient (Wildman–Crippen LogP) is 14.4. The standard InChI is InChI=1S/C57H37N5/c1-5-18-38(19-6-1)42-32-33-52(47(35-42)39-20-7-2-8-21-39)62-51-31-16-14-29-46(51)49-36-48-45-28-13-15-30-50(45)61(53(48)37-54(49)62)44-27-17-26-43(34-44)57-59-55(40-22-9-3-10-23-40)58-56(60-57)41-24-11-4-12-25-41/h1-37H. The third-order valence-electron chi connectivity index (χ3n) is 12.0. The number of fused-ring (bicyclic) bond motifs is 6. The van der Waals surface area contributed by atoms with Gasteiger partial charge in [0, 0.05) is 49.5 Å². The van der Waals surface area contributed by atoms with Crippen molar-refractivity contribution in [3.8, 4) is 67.8 Å². The number of aromatic nitrogens is 5.